The van der Waals surface area contributed by atoms with Gasteiger partial charge in [-0.1, -0.05) is 0 Å². The first kappa shape index (κ1) is 10.5. The van der Waals surface area contributed by atoms with Gasteiger partial charge in [-0.15, -0.1) is 0 Å². The fourth-order valence-corrected chi connectivity index (χ4v) is 0.991. The molecule has 0 saturated heterocycles. The van der Waals surface area contributed by atoms with Crippen LogP contribution in [0, 0.1) is 0 Å². The van der Waals surface area contributed by atoms with Crippen LogP contribution in [0.3, 0.4) is 0 Å². The lowest BCUT2D eigenvalue weighted by Gasteiger charge is -2.06. The Bertz CT molecular complexity index is 355. The largest absolute Gasteiger partial charge is 0.506 e. The summed E-state index contributed by atoms with van der Waals surface area (Å²) in [6.45, 7) is -0.115. The van der Waals surface area contributed by atoms with Crippen molar-refractivity contribution in [3.05, 3.63) is 23.0 Å². The van der Waals surface area contributed by atoms with Crippen LogP contribution in [0.2, 0.25) is 0 Å². The van der Waals surface area contributed by atoms with E-state index in [0.717, 1.165) is 6.07 Å². The van der Waals surface area contributed by atoms with Crippen LogP contribution in [-0.2, 0) is 6.54 Å². The Balaban J connectivity index is 3.31. The zero-order valence-corrected chi connectivity index (χ0v) is 7.08. The molecule has 0 atom stereocenters. The number of hydrogen-bond donors (Lipinski definition) is 2. The van der Waals surface area contributed by atoms with Crippen LogP contribution in [0.5, 0.6) is 5.75 Å². The number of alkyl halides is 2. The minimum atomic E-state index is -2.85. The van der Waals surface area contributed by atoms with Crippen molar-refractivity contribution in [2.75, 3.05) is 0 Å². The summed E-state index contributed by atoms with van der Waals surface area (Å²) in [7, 11) is 0. The highest BCUT2D eigenvalue weighted by molar-refractivity contribution is 5.75. The second-order valence-electron chi connectivity index (χ2n) is 2.55. The van der Waals surface area contributed by atoms with Gasteiger partial charge in [-0.05, 0) is 6.07 Å². The molecular weight excluding hydrogens is 194 g/mol. The molecule has 0 bridgehead atoms. The third-order valence-electron chi connectivity index (χ3n) is 1.68. The van der Waals surface area contributed by atoms with Crippen LogP contribution in [0.1, 0.15) is 28.2 Å². The number of halogens is 2. The number of hydrogen-bond acceptors (Lipinski definition) is 4. The Labute approximate surface area is 78.4 Å². The normalized spacial score (nSPS) is 10.6. The summed E-state index contributed by atoms with van der Waals surface area (Å²) < 4.78 is 24.6. The molecule has 1 aromatic heterocycles. The third-order valence-corrected chi connectivity index (χ3v) is 1.68. The van der Waals surface area contributed by atoms with Gasteiger partial charge in [0, 0.05) is 6.54 Å². The van der Waals surface area contributed by atoms with Crippen LogP contribution >= 0.6 is 0 Å². The second-order valence-corrected chi connectivity index (χ2v) is 2.55. The molecule has 0 saturated carbocycles. The summed E-state index contributed by atoms with van der Waals surface area (Å²) in [4.78, 5) is 13.9. The molecule has 0 amide bonds. The average molecular weight is 202 g/mol. The summed E-state index contributed by atoms with van der Waals surface area (Å²) in [5, 5.41) is 9.17. The first-order valence-electron chi connectivity index (χ1n) is 3.76. The van der Waals surface area contributed by atoms with E-state index >= 15 is 0 Å². The summed E-state index contributed by atoms with van der Waals surface area (Å²) >= 11 is 0. The molecule has 14 heavy (non-hydrogen) atoms. The highest BCUT2D eigenvalue weighted by Gasteiger charge is 2.17. The van der Waals surface area contributed by atoms with E-state index in [1.165, 1.54) is 0 Å². The van der Waals surface area contributed by atoms with Crippen molar-refractivity contribution in [1.29, 1.82) is 0 Å². The monoisotopic (exact) mass is 202 g/mol. The molecule has 3 N–H and O–H groups in total. The maximum atomic E-state index is 12.3. The van der Waals surface area contributed by atoms with Crippen molar-refractivity contribution < 1.29 is 18.7 Å². The van der Waals surface area contributed by atoms with Crippen LogP contribution < -0.4 is 5.73 Å². The lowest BCUT2D eigenvalue weighted by molar-refractivity contribution is 0.110. The topological polar surface area (TPSA) is 76.2 Å². The Morgan fingerprint density at radius 1 is 1.64 bits per heavy atom. The fourth-order valence-electron chi connectivity index (χ4n) is 0.991. The molecule has 1 heterocycles. The number of nitrogens with two attached hydrogens (primary N) is 1. The van der Waals surface area contributed by atoms with Gasteiger partial charge >= 0.3 is 0 Å². The first-order chi connectivity index (χ1) is 6.60. The number of aldehydes is 1. The van der Waals surface area contributed by atoms with Gasteiger partial charge in [0.05, 0.1) is 11.3 Å². The zero-order valence-electron chi connectivity index (χ0n) is 7.08. The first-order valence-corrected chi connectivity index (χ1v) is 3.76. The van der Waals surface area contributed by atoms with E-state index in [1.807, 2.05) is 0 Å². The SMILES string of the molecule is NCc1nc(C=O)c(C(F)F)cc1O. The smallest absolute Gasteiger partial charge is 0.266 e. The number of aromatic nitrogens is 1. The predicted octanol–water partition coefficient (Wildman–Crippen LogP) is 0.996. The van der Waals surface area contributed by atoms with E-state index in [2.05, 4.69) is 4.98 Å². The number of nitrogens with zero attached hydrogens (tertiary/aromatic N) is 1. The molecule has 76 valence electrons. The van der Waals surface area contributed by atoms with Crippen molar-refractivity contribution in [3.8, 4) is 5.75 Å². The molecule has 4 nitrogen and oxygen atoms in total. The van der Waals surface area contributed by atoms with Crippen molar-refractivity contribution in [3.63, 3.8) is 0 Å². The van der Waals surface area contributed by atoms with Crippen LogP contribution in [-0.4, -0.2) is 16.4 Å². The zero-order chi connectivity index (χ0) is 10.7. The van der Waals surface area contributed by atoms with Crippen molar-refractivity contribution >= 4 is 6.29 Å². The van der Waals surface area contributed by atoms with Gasteiger partial charge in [-0.2, -0.15) is 0 Å². The van der Waals surface area contributed by atoms with Gasteiger partial charge in [-0.25, -0.2) is 13.8 Å². The second kappa shape index (κ2) is 4.10. The van der Waals surface area contributed by atoms with Gasteiger partial charge in [-0.3, -0.25) is 4.79 Å². The molecule has 1 aromatic rings. The molecule has 0 aromatic carbocycles. The maximum Gasteiger partial charge on any atom is 0.266 e. The Hall–Kier alpha value is -1.56. The molecule has 0 aliphatic carbocycles. The van der Waals surface area contributed by atoms with Gasteiger partial charge in [0.1, 0.15) is 11.4 Å². The lowest BCUT2D eigenvalue weighted by Crippen LogP contribution is -2.05. The average Bonchev–Trinajstić information content (AvgIpc) is 2.17. The van der Waals surface area contributed by atoms with Crippen molar-refractivity contribution in [2.45, 2.75) is 13.0 Å². The standard InChI is InChI=1S/C8H8F2N2O2/c9-8(10)4-1-7(14)5(2-11)12-6(4)3-13/h1,3,8,14H,2,11H2. The maximum absolute atomic E-state index is 12.3. The highest BCUT2D eigenvalue weighted by Crippen LogP contribution is 2.26. The van der Waals surface area contributed by atoms with E-state index in [4.69, 9.17) is 10.8 Å². The lowest BCUT2D eigenvalue weighted by atomic mass is 10.1. The molecule has 0 aliphatic rings. The number of aromatic hydroxyl groups is 1. The minimum absolute atomic E-state index is 0.0245. The van der Waals surface area contributed by atoms with Gasteiger partial charge < -0.3 is 10.8 Å². The van der Waals surface area contributed by atoms with Gasteiger partial charge in [0.2, 0.25) is 0 Å². The highest BCUT2D eigenvalue weighted by atomic mass is 19.3. The van der Waals surface area contributed by atoms with Crippen molar-refractivity contribution in [2.24, 2.45) is 5.73 Å². The molecule has 0 unspecified atom stereocenters. The number of carbonyl (C=O) groups is 1. The van der Waals surface area contributed by atoms with Crippen molar-refractivity contribution in [1.82, 2.24) is 4.98 Å². The van der Waals surface area contributed by atoms with Crippen LogP contribution in [0.4, 0.5) is 8.78 Å². The van der Waals surface area contributed by atoms with Gasteiger partial charge in [0.25, 0.3) is 6.43 Å². The van der Waals surface area contributed by atoms with Gasteiger partial charge in [0.15, 0.2) is 6.29 Å². The molecule has 0 fully saturated rings. The van der Waals surface area contributed by atoms with E-state index in [1.54, 1.807) is 0 Å². The summed E-state index contributed by atoms with van der Waals surface area (Å²) in [5.74, 6) is -0.423. The summed E-state index contributed by atoms with van der Waals surface area (Å²) in [6.07, 6.45) is -2.64. The molecule has 1 rings (SSSR count). The number of rotatable bonds is 3. The quantitative estimate of drug-likeness (QED) is 0.717. The molecule has 0 radical (unpaired) electrons. The van der Waals surface area contributed by atoms with E-state index < -0.39 is 23.4 Å². The Morgan fingerprint density at radius 3 is 2.71 bits per heavy atom. The van der Waals surface area contributed by atoms with E-state index in [0.29, 0.717) is 0 Å². The third kappa shape index (κ3) is 1.85. The molecule has 0 spiro atoms. The summed E-state index contributed by atoms with van der Waals surface area (Å²) in [5.41, 5.74) is 4.22. The van der Waals surface area contributed by atoms with E-state index in [9.17, 15) is 13.6 Å². The number of pyridine rings is 1. The van der Waals surface area contributed by atoms with Crippen LogP contribution in [0.25, 0.3) is 0 Å². The fraction of sp³-hybridized carbons (Fsp3) is 0.250. The number of carbonyl (C=O) groups excluding carboxylic acids is 1. The van der Waals surface area contributed by atoms with Crippen LogP contribution in [0.15, 0.2) is 6.07 Å². The predicted molar refractivity (Wildman–Crippen MR) is 44.1 cm³/mol. The Kier molecular flexibility index (Phi) is 3.08. The Morgan fingerprint density at radius 2 is 2.29 bits per heavy atom. The summed E-state index contributed by atoms with van der Waals surface area (Å²) in [6, 6.07) is 0.809. The minimum Gasteiger partial charge on any atom is -0.506 e. The molecular formula is C8H8F2N2O2. The van der Waals surface area contributed by atoms with E-state index in [-0.39, 0.29) is 18.5 Å². The molecule has 6 heteroatoms. The molecule has 0 aliphatic heterocycles.